The quantitative estimate of drug-likeness (QED) is 0.792. The molecule has 0 atom stereocenters. The smallest absolute Gasteiger partial charge is 0.193 e. The van der Waals surface area contributed by atoms with Gasteiger partial charge >= 0.3 is 0 Å². The first-order valence-electron chi connectivity index (χ1n) is 7.65. The molecule has 0 bridgehead atoms. The lowest BCUT2D eigenvalue weighted by Crippen LogP contribution is -2.04. The fraction of sp³-hybridized carbons (Fsp3) is 0.316. The van der Waals surface area contributed by atoms with Crippen LogP contribution in [-0.4, -0.2) is 12.4 Å². The van der Waals surface area contributed by atoms with Crippen LogP contribution in [0, 0.1) is 0 Å². The molecule has 2 heteroatoms. The number of fused-ring (bicyclic) bond motifs is 1. The molecule has 0 N–H and O–H groups in total. The fourth-order valence-electron chi connectivity index (χ4n) is 2.94. The summed E-state index contributed by atoms with van der Waals surface area (Å²) in [4.78, 5) is 12.7. The van der Waals surface area contributed by atoms with Crippen LogP contribution in [0.15, 0.2) is 36.4 Å². The van der Waals surface area contributed by atoms with Crippen molar-refractivity contribution in [2.75, 3.05) is 6.61 Å². The maximum atomic E-state index is 12.7. The molecule has 21 heavy (non-hydrogen) atoms. The Morgan fingerprint density at radius 2 is 1.71 bits per heavy atom. The average molecular weight is 280 g/mol. The summed E-state index contributed by atoms with van der Waals surface area (Å²) in [7, 11) is 0. The molecule has 0 aliphatic carbocycles. The van der Waals surface area contributed by atoms with Gasteiger partial charge in [0.05, 0.1) is 6.61 Å². The largest absolute Gasteiger partial charge is 0.493 e. The minimum absolute atomic E-state index is 0.0991. The van der Waals surface area contributed by atoms with Crippen molar-refractivity contribution in [1.29, 1.82) is 0 Å². The highest BCUT2D eigenvalue weighted by molar-refractivity contribution is 6.09. The van der Waals surface area contributed by atoms with Gasteiger partial charge in [-0.05, 0) is 53.8 Å². The van der Waals surface area contributed by atoms with Crippen LogP contribution in [0.4, 0.5) is 0 Å². The van der Waals surface area contributed by atoms with Crippen LogP contribution in [-0.2, 0) is 19.3 Å². The molecule has 1 aliphatic rings. The Kier molecular flexibility index (Phi) is 3.78. The number of ether oxygens (including phenoxy) is 1. The highest BCUT2D eigenvalue weighted by Gasteiger charge is 2.16. The van der Waals surface area contributed by atoms with Gasteiger partial charge in [-0.2, -0.15) is 0 Å². The van der Waals surface area contributed by atoms with Gasteiger partial charge in [-0.15, -0.1) is 0 Å². The van der Waals surface area contributed by atoms with E-state index in [1.807, 2.05) is 30.3 Å². The van der Waals surface area contributed by atoms with Crippen LogP contribution in [0.5, 0.6) is 5.75 Å². The average Bonchev–Trinajstić information content (AvgIpc) is 3.00. The van der Waals surface area contributed by atoms with E-state index in [0.717, 1.165) is 48.3 Å². The van der Waals surface area contributed by atoms with Crippen LogP contribution >= 0.6 is 0 Å². The van der Waals surface area contributed by atoms with Crippen molar-refractivity contribution in [2.24, 2.45) is 0 Å². The predicted octanol–water partition coefficient (Wildman–Crippen LogP) is 3.98. The molecule has 0 aromatic heterocycles. The Morgan fingerprint density at radius 1 is 1.00 bits per heavy atom. The molecule has 3 rings (SSSR count). The van der Waals surface area contributed by atoms with E-state index in [4.69, 9.17) is 4.74 Å². The van der Waals surface area contributed by atoms with Gasteiger partial charge in [0, 0.05) is 17.5 Å². The second-order valence-corrected chi connectivity index (χ2v) is 5.44. The summed E-state index contributed by atoms with van der Waals surface area (Å²) < 4.78 is 5.49. The molecule has 0 fully saturated rings. The van der Waals surface area contributed by atoms with Crippen molar-refractivity contribution in [2.45, 2.75) is 33.1 Å². The molecule has 1 heterocycles. The van der Waals surface area contributed by atoms with E-state index in [1.54, 1.807) is 0 Å². The summed E-state index contributed by atoms with van der Waals surface area (Å²) in [5.41, 5.74) is 5.28. The number of benzene rings is 2. The van der Waals surface area contributed by atoms with E-state index < -0.39 is 0 Å². The molecule has 0 saturated heterocycles. The van der Waals surface area contributed by atoms with Crippen LogP contribution in [0.25, 0.3) is 0 Å². The van der Waals surface area contributed by atoms with E-state index >= 15 is 0 Å². The van der Waals surface area contributed by atoms with Gasteiger partial charge < -0.3 is 4.74 Å². The Bertz CT molecular complexity index is 686. The molecule has 2 nitrogen and oxygen atoms in total. The normalized spacial score (nSPS) is 12.9. The number of hydrogen-bond acceptors (Lipinski definition) is 2. The molecule has 0 saturated carbocycles. The van der Waals surface area contributed by atoms with Gasteiger partial charge in [-0.25, -0.2) is 0 Å². The van der Waals surface area contributed by atoms with E-state index in [-0.39, 0.29) is 5.78 Å². The first-order chi connectivity index (χ1) is 10.2. The highest BCUT2D eigenvalue weighted by Crippen LogP contribution is 2.27. The number of rotatable bonds is 4. The number of carbonyl (C=O) groups is 1. The number of hydrogen-bond donors (Lipinski definition) is 0. The minimum atomic E-state index is 0.0991. The van der Waals surface area contributed by atoms with Crippen LogP contribution in [0.1, 0.15) is 46.5 Å². The summed E-state index contributed by atoms with van der Waals surface area (Å²) in [5, 5.41) is 0. The first kappa shape index (κ1) is 13.9. The SMILES string of the molecule is CCc1ccc(C(=O)c2ccc3c(c2)CCO3)cc1CC. The summed E-state index contributed by atoms with van der Waals surface area (Å²) in [6.45, 7) is 5.00. The van der Waals surface area contributed by atoms with E-state index in [9.17, 15) is 4.79 Å². The van der Waals surface area contributed by atoms with Crippen molar-refractivity contribution >= 4 is 5.78 Å². The summed E-state index contributed by atoms with van der Waals surface area (Å²) in [6, 6.07) is 11.8. The Morgan fingerprint density at radius 3 is 2.48 bits per heavy atom. The minimum Gasteiger partial charge on any atom is -0.493 e. The predicted molar refractivity (Wildman–Crippen MR) is 84.3 cm³/mol. The highest BCUT2D eigenvalue weighted by atomic mass is 16.5. The van der Waals surface area contributed by atoms with Gasteiger partial charge in [0.25, 0.3) is 0 Å². The molecule has 0 spiro atoms. The Balaban J connectivity index is 1.95. The Labute approximate surface area is 125 Å². The van der Waals surface area contributed by atoms with Crippen LogP contribution < -0.4 is 4.74 Å². The lowest BCUT2D eigenvalue weighted by Gasteiger charge is -2.09. The molecule has 2 aromatic rings. The van der Waals surface area contributed by atoms with Crippen LogP contribution in [0.2, 0.25) is 0 Å². The molecule has 0 radical (unpaired) electrons. The molecular formula is C19H20O2. The van der Waals surface area contributed by atoms with Crippen molar-refractivity contribution in [1.82, 2.24) is 0 Å². The van der Waals surface area contributed by atoms with E-state index in [1.165, 1.54) is 11.1 Å². The second kappa shape index (κ2) is 5.72. The standard InChI is InChI=1S/C19H20O2/c1-3-13-5-6-16(11-14(13)4-2)19(20)17-7-8-18-15(12-17)9-10-21-18/h5-8,11-12H,3-4,9-10H2,1-2H3. The van der Waals surface area contributed by atoms with E-state index in [0.29, 0.717) is 0 Å². The Hall–Kier alpha value is -2.09. The zero-order valence-electron chi connectivity index (χ0n) is 12.6. The number of aryl methyl sites for hydroxylation is 2. The van der Waals surface area contributed by atoms with Gasteiger partial charge in [0.15, 0.2) is 5.78 Å². The monoisotopic (exact) mass is 280 g/mol. The number of carbonyl (C=O) groups excluding carboxylic acids is 1. The third-order valence-corrected chi connectivity index (χ3v) is 4.18. The topological polar surface area (TPSA) is 26.3 Å². The van der Waals surface area contributed by atoms with Crippen molar-refractivity contribution in [3.8, 4) is 5.75 Å². The molecule has 1 aliphatic heterocycles. The second-order valence-electron chi connectivity index (χ2n) is 5.44. The van der Waals surface area contributed by atoms with Gasteiger partial charge in [0.1, 0.15) is 5.75 Å². The maximum Gasteiger partial charge on any atom is 0.193 e. The molecule has 2 aromatic carbocycles. The van der Waals surface area contributed by atoms with Crippen molar-refractivity contribution < 1.29 is 9.53 Å². The van der Waals surface area contributed by atoms with Gasteiger partial charge in [0.2, 0.25) is 0 Å². The third kappa shape index (κ3) is 2.58. The molecule has 108 valence electrons. The summed E-state index contributed by atoms with van der Waals surface area (Å²) >= 11 is 0. The molecule has 0 amide bonds. The fourth-order valence-corrected chi connectivity index (χ4v) is 2.94. The van der Waals surface area contributed by atoms with Gasteiger partial charge in [-0.1, -0.05) is 26.0 Å². The lowest BCUT2D eigenvalue weighted by atomic mass is 9.95. The summed E-state index contributed by atoms with van der Waals surface area (Å²) in [6.07, 6.45) is 2.86. The zero-order chi connectivity index (χ0) is 14.8. The van der Waals surface area contributed by atoms with Crippen LogP contribution in [0.3, 0.4) is 0 Å². The number of ketones is 1. The molecular weight excluding hydrogens is 260 g/mol. The zero-order valence-corrected chi connectivity index (χ0v) is 12.6. The maximum absolute atomic E-state index is 12.7. The summed E-state index contributed by atoms with van der Waals surface area (Å²) in [5.74, 6) is 1.02. The third-order valence-electron chi connectivity index (χ3n) is 4.18. The van der Waals surface area contributed by atoms with Crippen molar-refractivity contribution in [3.63, 3.8) is 0 Å². The first-order valence-corrected chi connectivity index (χ1v) is 7.65. The van der Waals surface area contributed by atoms with E-state index in [2.05, 4.69) is 19.9 Å². The van der Waals surface area contributed by atoms with Gasteiger partial charge in [-0.3, -0.25) is 4.79 Å². The molecule has 0 unspecified atom stereocenters. The lowest BCUT2D eigenvalue weighted by molar-refractivity contribution is 0.103. The van der Waals surface area contributed by atoms with Crippen molar-refractivity contribution in [3.05, 3.63) is 64.2 Å².